The van der Waals surface area contributed by atoms with Crippen LogP contribution in [0.15, 0.2) is 486 Å². The van der Waals surface area contributed by atoms with E-state index in [2.05, 4.69) is 508 Å². The predicted molar refractivity (Wildman–Crippen MR) is 594 cm³/mol. The fourth-order valence-corrected chi connectivity index (χ4v) is 23.6. The number of benzene rings is 20. The van der Waals surface area contributed by atoms with Gasteiger partial charge in [0, 0.05) is 145 Å². The van der Waals surface area contributed by atoms with E-state index in [4.69, 9.17) is 0 Å². The van der Waals surface area contributed by atoms with Gasteiger partial charge in [0.1, 0.15) is 12.1 Å². The molecule has 30 rings (SSSR count). The number of pyridine rings is 2. The Kier molecular flexibility index (Phi) is 18.3. The summed E-state index contributed by atoms with van der Waals surface area (Å²) in [6.07, 6.45) is 7.41. The Balaban J connectivity index is 0.000000160. The van der Waals surface area contributed by atoms with E-state index in [-0.39, 0.29) is 0 Å². The number of hydrogen-bond acceptors (Lipinski definition) is 4. The molecular weight excluding hydrogens is 1750 g/mol. The van der Waals surface area contributed by atoms with Crippen LogP contribution in [0.5, 0.6) is 0 Å². The molecule has 0 bridgehead atoms. The lowest BCUT2D eigenvalue weighted by molar-refractivity contribution is 1.13. The zero-order valence-corrected chi connectivity index (χ0v) is 77.6. The summed E-state index contributed by atoms with van der Waals surface area (Å²) in [5.74, 6) is 0. The van der Waals surface area contributed by atoms with Gasteiger partial charge in [-0.05, 0) is 228 Å². The van der Waals surface area contributed by atoms with Gasteiger partial charge in [0.2, 0.25) is 0 Å². The molecule has 0 aliphatic rings. The first-order valence-corrected chi connectivity index (χ1v) is 48.7. The maximum absolute atomic E-state index is 11.9. The minimum atomic E-state index is 0.536. The van der Waals surface area contributed by atoms with Gasteiger partial charge in [-0.25, -0.2) is 0 Å². The monoisotopic (exact) mass is 1830 g/mol. The summed E-state index contributed by atoms with van der Waals surface area (Å²) < 4.78 is 18.9. The number of fused-ring (bicyclic) bond motifs is 24. The van der Waals surface area contributed by atoms with Crippen LogP contribution in [0.4, 0.5) is 0 Å². The predicted octanol–water partition coefficient (Wildman–Crippen LogP) is 33.4. The zero-order valence-electron chi connectivity index (χ0n) is 77.6. The van der Waals surface area contributed by atoms with Crippen LogP contribution >= 0.6 is 0 Å². The fourth-order valence-electron chi connectivity index (χ4n) is 23.6. The molecule has 144 heavy (non-hydrogen) atoms. The number of rotatable bonds is 12. The SMILES string of the molecule is N#Cc1cc(-n2c3ccc(-n4c5ccccc5c5ccccc54)cc3c3cc(-n4c5ccccc5c5ccccc54)ccc32)c(-c2ccncc2)cc1-n1c2ccc(-n3c4ccccc4c4ccccc43)cc2c2cc(-n3c4ccccc4c4ccccc43)ccc21.N#Cc1cc(-n2c3ccccc3c3ccc(-c4ccccc4)cc32)c(-c2ccncc2)cc1-n1c2ccccc2c2ccc(-c3ccccc3)cc21. The first kappa shape index (κ1) is 81.3. The van der Waals surface area contributed by atoms with Crippen LogP contribution in [-0.4, -0.2) is 46.5 Å². The van der Waals surface area contributed by atoms with Gasteiger partial charge in [-0.2, -0.15) is 10.5 Å². The van der Waals surface area contributed by atoms with Crippen molar-refractivity contribution in [1.82, 2.24) is 46.5 Å². The van der Waals surface area contributed by atoms with Crippen LogP contribution < -0.4 is 0 Å². The first-order chi connectivity index (χ1) is 71.4. The molecule has 0 saturated heterocycles. The Morgan fingerprint density at radius 3 is 0.625 bits per heavy atom. The highest BCUT2D eigenvalue weighted by atomic mass is 15.1. The quantitative estimate of drug-likeness (QED) is 0.121. The van der Waals surface area contributed by atoms with Gasteiger partial charge in [-0.1, -0.05) is 267 Å². The van der Waals surface area contributed by atoms with E-state index in [9.17, 15) is 10.5 Å². The molecule has 0 fully saturated rings. The Hall–Kier alpha value is -19.9. The molecule has 12 heteroatoms. The Morgan fingerprint density at radius 1 is 0.146 bits per heavy atom. The van der Waals surface area contributed by atoms with Crippen LogP contribution in [0.3, 0.4) is 0 Å². The van der Waals surface area contributed by atoms with Crippen molar-refractivity contribution in [2.45, 2.75) is 0 Å². The average Bonchev–Trinajstić information content (AvgIpc) is 1.56. The van der Waals surface area contributed by atoms with Gasteiger partial charge in [-0.15, -0.1) is 0 Å². The Bertz CT molecular complexity index is 10200. The van der Waals surface area contributed by atoms with E-state index >= 15 is 0 Å². The summed E-state index contributed by atoms with van der Waals surface area (Å²) in [7, 11) is 0. The molecule has 10 heterocycles. The van der Waals surface area contributed by atoms with Crippen molar-refractivity contribution in [3.05, 3.63) is 497 Å². The second kappa shape index (κ2) is 32.4. The summed E-state index contributed by atoms with van der Waals surface area (Å²) in [5.41, 5.74) is 34.7. The lowest BCUT2D eigenvalue weighted by Crippen LogP contribution is -2.04. The van der Waals surface area contributed by atoms with Crippen molar-refractivity contribution in [1.29, 1.82) is 10.5 Å². The Labute approximate surface area is 824 Å². The molecule has 0 unspecified atom stereocenters. The minimum Gasteiger partial charge on any atom is -0.309 e. The van der Waals surface area contributed by atoms with Crippen molar-refractivity contribution < 1.29 is 0 Å². The Morgan fingerprint density at radius 2 is 0.361 bits per heavy atom. The van der Waals surface area contributed by atoms with Crippen LogP contribution in [0.1, 0.15) is 11.1 Å². The van der Waals surface area contributed by atoms with Crippen LogP contribution in [0.25, 0.3) is 264 Å². The standard InChI is InChI=1S/C84H50N8.C48H30N4/c85-51-53-45-84(92-81-39-35-56(89-75-29-13-5-21-62(75)63-22-6-14-30-76(63)89)48-69(81)70-49-57(36-40-82(70)92)90-77-31-15-7-23-64(77)65-24-8-16-32-78(65)90)66(52-41-43-86-44-42-52)50-83(53)91-79-37-33-54(87-71-25-9-1-17-58(71)59-18-2-10-26-72(59)87)46-67(79)68-47-55(34-38-80(68)91)88-73-27-11-3-19-60(73)61-20-4-12-28-74(61)88;49-31-37-29-48(52-44-18-10-8-16-39(44)41-22-20-36(28-47(41)52)33-13-5-2-6-14-33)42(34-23-25-50-26-24-34)30-45(37)51-43-17-9-7-15-38(43)40-21-19-35(27-46(40)51)32-11-3-1-4-12-32/h1-50H;1-30H. The molecule has 668 valence electrons. The molecule has 0 saturated carbocycles. The molecule has 30 aromatic rings. The third-order valence-corrected chi connectivity index (χ3v) is 29.8. The van der Waals surface area contributed by atoms with Crippen LogP contribution in [-0.2, 0) is 0 Å². The van der Waals surface area contributed by atoms with Crippen LogP contribution in [0.2, 0.25) is 0 Å². The summed E-state index contributed by atoms with van der Waals surface area (Å²) in [5, 5.41) is 41.6. The number of aromatic nitrogens is 10. The second-order valence-electron chi connectivity index (χ2n) is 37.3. The van der Waals surface area contributed by atoms with Gasteiger partial charge in [0.25, 0.3) is 0 Å². The summed E-state index contributed by atoms with van der Waals surface area (Å²) in [6, 6.07) is 171. The molecule has 0 spiro atoms. The molecule has 10 aromatic heterocycles. The molecule has 0 atom stereocenters. The molecule has 0 aliphatic heterocycles. The highest BCUT2D eigenvalue weighted by molar-refractivity contribution is 6.19. The number of hydrogen-bond donors (Lipinski definition) is 0. The highest BCUT2D eigenvalue weighted by Crippen LogP contribution is 2.49. The molecule has 0 radical (unpaired) electrons. The van der Waals surface area contributed by atoms with Gasteiger partial charge < -0.3 is 36.5 Å². The smallest absolute Gasteiger partial charge is 0.101 e. The molecule has 0 aliphatic carbocycles. The zero-order chi connectivity index (χ0) is 94.9. The molecular formula is C132H80N12. The number of nitriles is 2. The van der Waals surface area contributed by atoms with Gasteiger partial charge in [0.15, 0.2) is 0 Å². The molecule has 0 amide bonds. The fraction of sp³-hybridized carbons (Fsp3) is 0. The third-order valence-electron chi connectivity index (χ3n) is 29.8. The lowest BCUT2D eigenvalue weighted by Gasteiger charge is -2.19. The van der Waals surface area contributed by atoms with Gasteiger partial charge >= 0.3 is 0 Å². The van der Waals surface area contributed by atoms with E-state index in [0.29, 0.717) is 11.1 Å². The van der Waals surface area contributed by atoms with E-state index in [1.54, 1.807) is 0 Å². The van der Waals surface area contributed by atoms with Crippen molar-refractivity contribution in [2.75, 3.05) is 0 Å². The highest BCUT2D eigenvalue weighted by Gasteiger charge is 2.29. The third kappa shape index (κ3) is 12.4. The minimum absolute atomic E-state index is 0.536. The van der Waals surface area contributed by atoms with Gasteiger partial charge in [-0.3, -0.25) is 9.97 Å². The molecule has 12 nitrogen and oxygen atoms in total. The van der Waals surface area contributed by atoms with E-state index in [0.717, 1.165) is 221 Å². The summed E-state index contributed by atoms with van der Waals surface area (Å²) in [6.45, 7) is 0. The normalized spacial score (nSPS) is 11.9. The summed E-state index contributed by atoms with van der Waals surface area (Å²) in [4.78, 5) is 8.94. The largest absolute Gasteiger partial charge is 0.309 e. The second-order valence-corrected chi connectivity index (χ2v) is 37.3. The number of para-hydroxylation sites is 10. The lowest BCUT2D eigenvalue weighted by atomic mass is 9.99. The first-order valence-electron chi connectivity index (χ1n) is 48.7. The van der Waals surface area contributed by atoms with E-state index in [1.165, 1.54) is 43.1 Å². The maximum atomic E-state index is 11.9. The van der Waals surface area contributed by atoms with Gasteiger partial charge in [0.05, 0.1) is 122 Å². The van der Waals surface area contributed by atoms with Crippen molar-refractivity contribution in [3.8, 4) is 102 Å². The maximum Gasteiger partial charge on any atom is 0.101 e. The molecule has 0 N–H and O–H groups in total. The average molecular weight is 1830 g/mol. The van der Waals surface area contributed by atoms with Crippen molar-refractivity contribution >= 4 is 174 Å². The number of nitrogens with zero attached hydrogens (tertiary/aromatic N) is 12. The topological polar surface area (TPSA) is 113 Å². The molecule has 20 aromatic carbocycles. The van der Waals surface area contributed by atoms with Crippen molar-refractivity contribution in [3.63, 3.8) is 0 Å². The van der Waals surface area contributed by atoms with Crippen molar-refractivity contribution in [2.24, 2.45) is 0 Å². The van der Waals surface area contributed by atoms with E-state index in [1.807, 2.05) is 36.9 Å². The summed E-state index contributed by atoms with van der Waals surface area (Å²) >= 11 is 0. The van der Waals surface area contributed by atoms with Crippen LogP contribution in [0, 0.1) is 22.7 Å². The van der Waals surface area contributed by atoms with E-state index < -0.39 is 0 Å².